The van der Waals surface area contributed by atoms with Gasteiger partial charge in [-0.2, -0.15) is 4.98 Å². The van der Waals surface area contributed by atoms with Crippen molar-refractivity contribution in [3.63, 3.8) is 0 Å². The van der Waals surface area contributed by atoms with Crippen LogP contribution < -0.4 is 5.32 Å². The van der Waals surface area contributed by atoms with Crippen LogP contribution in [0, 0.1) is 0 Å². The zero-order valence-electron chi connectivity index (χ0n) is 14.9. The SMILES string of the molecule is CC(C)NCc1nc(-c2ncn3c2CN(C)C(=O)c2ccccc2-3)no1. The van der Waals surface area contributed by atoms with Gasteiger partial charge in [0.15, 0.2) is 0 Å². The summed E-state index contributed by atoms with van der Waals surface area (Å²) in [4.78, 5) is 23.2. The topological polar surface area (TPSA) is 89.1 Å². The summed E-state index contributed by atoms with van der Waals surface area (Å²) in [5.41, 5.74) is 2.93. The van der Waals surface area contributed by atoms with Gasteiger partial charge < -0.3 is 14.7 Å². The molecule has 0 unspecified atom stereocenters. The predicted molar refractivity (Wildman–Crippen MR) is 94.6 cm³/mol. The van der Waals surface area contributed by atoms with Crippen LogP contribution >= 0.6 is 0 Å². The standard InChI is InChI=1S/C18H20N6O2/c1-11(2)19-8-15-21-17(22-26-15)16-14-9-23(3)18(25)12-6-4-5-7-13(12)24(14)10-20-16/h4-7,10-11,19H,8-9H2,1-3H3. The molecule has 0 spiro atoms. The summed E-state index contributed by atoms with van der Waals surface area (Å²) in [7, 11) is 1.78. The van der Waals surface area contributed by atoms with Crippen molar-refractivity contribution in [1.29, 1.82) is 0 Å². The number of aromatic nitrogens is 4. The van der Waals surface area contributed by atoms with Crippen LogP contribution in [0.2, 0.25) is 0 Å². The molecule has 1 aliphatic heterocycles. The molecule has 3 heterocycles. The van der Waals surface area contributed by atoms with Gasteiger partial charge >= 0.3 is 0 Å². The minimum atomic E-state index is -0.0230. The van der Waals surface area contributed by atoms with Crippen molar-refractivity contribution in [2.75, 3.05) is 7.05 Å². The number of benzene rings is 1. The van der Waals surface area contributed by atoms with Crippen molar-refractivity contribution in [2.45, 2.75) is 33.0 Å². The number of para-hydroxylation sites is 1. The molecule has 0 atom stereocenters. The smallest absolute Gasteiger partial charge is 0.256 e. The highest BCUT2D eigenvalue weighted by atomic mass is 16.5. The van der Waals surface area contributed by atoms with Gasteiger partial charge in [-0.25, -0.2) is 4.98 Å². The summed E-state index contributed by atoms with van der Waals surface area (Å²) in [6.45, 7) is 5.02. The van der Waals surface area contributed by atoms with Gasteiger partial charge in [-0.05, 0) is 12.1 Å². The number of fused-ring (bicyclic) bond motifs is 3. The van der Waals surface area contributed by atoms with Crippen LogP contribution in [0.4, 0.5) is 0 Å². The molecule has 0 aliphatic carbocycles. The molecule has 8 nitrogen and oxygen atoms in total. The molecule has 8 heteroatoms. The Morgan fingerprint density at radius 1 is 1.31 bits per heavy atom. The number of imidazole rings is 1. The zero-order valence-corrected chi connectivity index (χ0v) is 14.9. The summed E-state index contributed by atoms with van der Waals surface area (Å²) in [5.74, 6) is 0.915. The molecule has 4 rings (SSSR count). The second-order valence-electron chi connectivity index (χ2n) is 6.64. The van der Waals surface area contributed by atoms with Gasteiger partial charge in [-0.15, -0.1) is 0 Å². The van der Waals surface area contributed by atoms with Gasteiger partial charge in [0.1, 0.15) is 12.0 Å². The molecule has 0 saturated heterocycles. The molecule has 1 N–H and O–H groups in total. The zero-order chi connectivity index (χ0) is 18.3. The third-order valence-corrected chi connectivity index (χ3v) is 4.34. The third kappa shape index (κ3) is 2.78. The lowest BCUT2D eigenvalue weighted by Crippen LogP contribution is -2.25. The van der Waals surface area contributed by atoms with Crippen LogP contribution in [0.25, 0.3) is 17.2 Å². The Balaban J connectivity index is 1.75. The Morgan fingerprint density at radius 3 is 2.92 bits per heavy atom. The molecule has 1 aliphatic rings. The van der Waals surface area contributed by atoms with Gasteiger partial charge in [0, 0.05) is 13.1 Å². The van der Waals surface area contributed by atoms with Gasteiger partial charge in [0.25, 0.3) is 5.91 Å². The maximum atomic E-state index is 12.6. The Hall–Kier alpha value is -3.00. The highest BCUT2D eigenvalue weighted by Crippen LogP contribution is 2.29. The average Bonchev–Trinajstić information content (AvgIpc) is 3.23. The van der Waals surface area contributed by atoms with E-state index < -0.39 is 0 Å². The number of carbonyl (C=O) groups is 1. The summed E-state index contributed by atoms with van der Waals surface area (Å²) in [6.07, 6.45) is 1.71. The fraction of sp³-hybridized carbons (Fsp3) is 0.333. The second-order valence-corrected chi connectivity index (χ2v) is 6.64. The molecular weight excluding hydrogens is 332 g/mol. The van der Waals surface area contributed by atoms with Crippen LogP contribution in [0.15, 0.2) is 35.1 Å². The minimum absolute atomic E-state index is 0.0230. The van der Waals surface area contributed by atoms with E-state index in [0.29, 0.717) is 42.1 Å². The fourth-order valence-electron chi connectivity index (χ4n) is 3.00. The maximum absolute atomic E-state index is 12.6. The van der Waals surface area contributed by atoms with Crippen molar-refractivity contribution in [2.24, 2.45) is 0 Å². The van der Waals surface area contributed by atoms with E-state index in [1.165, 1.54) is 0 Å². The number of nitrogens with zero attached hydrogens (tertiary/aromatic N) is 5. The van der Waals surface area contributed by atoms with E-state index in [-0.39, 0.29) is 5.91 Å². The molecule has 1 aromatic carbocycles. The molecule has 26 heavy (non-hydrogen) atoms. The van der Waals surface area contributed by atoms with Crippen LogP contribution in [0.5, 0.6) is 0 Å². The molecule has 134 valence electrons. The summed E-state index contributed by atoms with van der Waals surface area (Å²) in [5, 5.41) is 7.31. The van der Waals surface area contributed by atoms with E-state index in [4.69, 9.17) is 4.52 Å². The highest BCUT2D eigenvalue weighted by molar-refractivity contribution is 5.98. The Morgan fingerprint density at radius 2 is 2.12 bits per heavy atom. The Labute approximate surface area is 150 Å². The Bertz CT molecular complexity index is 958. The molecule has 0 radical (unpaired) electrons. The van der Waals surface area contributed by atoms with E-state index in [0.717, 1.165) is 11.4 Å². The van der Waals surface area contributed by atoms with E-state index in [1.807, 2.05) is 28.8 Å². The lowest BCUT2D eigenvalue weighted by Gasteiger charge is -2.14. The molecule has 1 amide bonds. The van der Waals surface area contributed by atoms with Crippen LogP contribution in [-0.4, -0.2) is 43.6 Å². The fourth-order valence-corrected chi connectivity index (χ4v) is 3.00. The summed E-state index contributed by atoms with van der Waals surface area (Å²) in [6, 6.07) is 7.83. The monoisotopic (exact) mass is 352 g/mol. The second kappa shape index (κ2) is 6.38. The number of rotatable bonds is 4. The molecule has 2 aromatic heterocycles. The minimum Gasteiger partial charge on any atom is -0.337 e. The van der Waals surface area contributed by atoms with Crippen LogP contribution in [-0.2, 0) is 13.1 Å². The lowest BCUT2D eigenvalue weighted by molar-refractivity contribution is 0.0788. The van der Waals surface area contributed by atoms with E-state index in [9.17, 15) is 4.79 Å². The van der Waals surface area contributed by atoms with Crippen molar-refractivity contribution in [3.05, 3.63) is 47.7 Å². The van der Waals surface area contributed by atoms with E-state index in [2.05, 4.69) is 34.3 Å². The largest absolute Gasteiger partial charge is 0.337 e. The number of hydrogen-bond acceptors (Lipinski definition) is 6. The van der Waals surface area contributed by atoms with Crippen LogP contribution in [0.3, 0.4) is 0 Å². The lowest BCUT2D eigenvalue weighted by atomic mass is 10.1. The molecule has 3 aromatic rings. The van der Waals surface area contributed by atoms with E-state index in [1.54, 1.807) is 18.3 Å². The first kappa shape index (κ1) is 16.5. The Kier molecular flexibility index (Phi) is 4.04. The number of hydrogen-bond donors (Lipinski definition) is 1. The summed E-state index contributed by atoms with van der Waals surface area (Å²) >= 11 is 0. The number of amides is 1. The first-order chi connectivity index (χ1) is 12.5. The average molecular weight is 352 g/mol. The van der Waals surface area contributed by atoms with Gasteiger partial charge in [0.2, 0.25) is 11.7 Å². The number of nitrogens with one attached hydrogen (secondary N) is 1. The molecule has 0 saturated carbocycles. The van der Waals surface area contributed by atoms with Gasteiger partial charge in [-0.3, -0.25) is 9.36 Å². The molecular formula is C18H20N6O2. The number of carbonyl (C=O) groups excluding carboxylic acids is 1. The maximum Gasteiger partial charge on any atom is 0.256 e. The predicted octanol–water partition coefficient (Wildman–Crippen LogP) is 2.01. The van der Waals surface area contributed by atoms with Crippen molar-refractivity contribution in [1.82, 2.24) is 29.9 Å². The summed E-state index contributed by atoms with van der Waals surface area (Å²) < 4.78 is 7.25. The first-order valence-electron chi connectivity index (χ1n) is 8.52. The molecule has 0 fully saturated rings. The highest BCUT2D eigenvalue weighted by Gasteiger charge is 2.27. The molecule has 0 bridgehead atoms. The van der Waals surface area contributed by atoms with Gasteiger partial charge in [0.05, 0.1) is 30.0 Å². The first-order valence-corrected chi connectivity index (χ1v) is 8.52. The normalized spacial score (nSPS) is 13.7. The van der Waals surface area contributed by atoms with Crippen molar-refractivity contribution >= 4 is 5.91 Å². The van der Waals surface area contributed by atoms with E-state index >= 15 is 0 Å². The quantitative estimate of drug-likeness (QED) is 0.773. The van der Waals surface area contributed by atoms with Gasteiger partial charge in [-0.1, -0.05) is 31.1 Å². The third-order valence-electron chi connectivity index (χ3n) is 4.34. The van der Waals surface area contributed by atoms with Crippen molar-refractivity contribution in [3.8, 4) is 17.2 Å². The van der Waals surface area contributed by atoms with Crippen LogP contribution in [0.1, 0.15) is 35.8 Å². The van der Waals surface area contributed by atoms with Crippen molar-refractivity contribution < 1.29 is 9.32 Å².